The van der Waals surface area contributed by atoms with Crippen LogP contribution < -0.4 is 5.32 Å². The summed E-state index contributed by atoms with van der Waals surface area (Å²) in [7, 11) is 0. The van der Waals surface area contributed by atoms with Crippen molar-refractivity contribution in [2.24, 2.45) is 5.92 Å². The van der Waals surface area contributed by atoms with Crippen LogP contribution in [0, 0.1) is 5.92 Å². The third-order valence-electron chi connectivity index (χ3n) is 4.36. The van der Waals surface area contributed by atoms with E-state index in [1.54, 1.807) is 4.88 Å². The maximum absolute atomic E-state index is 3.73. The fourth-order valence-electron chi connectivity index (χ4n) is 3.24. The molecule has 1 aliphatic rings. The summed E-state index contributed by atoms with van der Waals surface area (Å²) in [6.45, 7) is 5.52. The summed E-state index contributed by atoms with van der Waals surface area (Å²) in [5, 5.41) is 5.98. The summed E-state index contributed by atoms with van der Waals surface area (Å²) < 4.78 is 0. The molecule has 2 aromatic rings. The SMILES string of the molecule is CCNC(c1sccc1CC)C1CC1c1ccccc1. The Kier molecular flexibility index (Phi) is 4.23. The molecule has 3 rings (SSSR count). The minimum Gasteiger partial charge on any atom is -0.309 e. The van der Waals surface area contributed by atoms with Gasteiger partial charge >= 0.3 is 0 Å². The van der Waals surface area contributed by atoms with Crippen LogP contribution in [0.5, 0.6) is 0 Å². The largest absolute Gasteiger partial charge is 0.309 e. The van der Waals surface area contributed by atoms with Crippen molar-refractivity contribution < 1.29 is 0 Å². The maximum Gasteiger partial charge on any atom is 0.0452 e. The Morgan fingerprint density at radius 3 is 2.70 bits per heavy atom. The average molecular weight is 285 g/mol. The quantitative estimate of drug-likeness (QED) is 0.806. The topological polar surface area (TPSA) is 12.0 Å². The van der Waals surface area contributed by atoms with Crippen molar-refractivity contribution >= 4 is 11.3 Å². The monoisotopic (exact) mass is 285 g/mol. The molecule has 0 radical (unpaired) electrons. The van der Waals surface area contributed by atoms with Crippen molar-refractivity contribution in [3.05, 3.63) is 57.8 Å². The second-order valence-corrected chi connectivity index (χ2v) is 6.56. The standard InChI is InChI=1S/C18H23NS/c1-3-13-10-11-20-18(13)17(19-4-2)16-12-15(16)14-8-6-5-7-9-14/h5-11,15-17,19H,3-4,12H2,1-2H3. The van der Waals surface area contributed by atoms with Gasteiger partial charge in [-0.25, -0.2) is 0 Å². The van der Waals surface area contributed by atoms with Crippen molar-refractivity contribution in [3.63, 3.8) is 0 Å². The zero-order valence-corrected chi connectivity index (χ0v) is 13.1. The lowest BCUT2D eigenvalue weighted by molar-refractivity contribution is 0.492. The fraction of sp³-hybridized carbons (Fsp3) is 0.444. The molecule has 0 saturated heterocycles. The molecule has 0 aliphatic heterocycles. The molecule has 1 N–H and O–H groups in total. The summed E-state index contributed by atoms with van der Waals surface area (Å²) in [5.74, 6) is 1.51. The Morgan fingerprint density at radius 1 is 1.20 bits per heavy atom. The number of hydrogen-bond donors (Lipinski definition) is 1. The Bertz CT molecular complexity index is 546. The van der Waals surface area contributed by atoms with Crippen molar-refractivity contribution in [2.45, 2.75) is 38.6 Å². The third kappa shape index (κ3) is 2.68. The van der Waals surface area contributed by atoms with Crippen LogP contribution in [0.25, 0.3) is 0 Å². The van der Waals surface area contributed by atoms with Crippen molar-refractivity contribution in [2.75, 3.05) is 6.54 Å². The van der Waals surface area contributed by atoms with E-state index in [0.717, 1.165) is 24.8 Å². The van der Waals surface area contributed by atoms with Gasteiger partial charge in [0.2, 0.25) is 0 Å². The van der Waals surface area contributed by atoms with E-state index in [0.29, 0.717) is 6.04 Å². The second kappa shape index (κ2) is 6.11. The number of hydrogen-bond acceptors (Lipinski definition) is 2. The Hall–Kier alpha value is -1.12. The highest BCUT2D eigenvalue weighted by molar-refractivity contribution is 7.10. The Morgan fingerprint density at radius 2 is 2.00 bits per heavy atom. The molecule has 1 aromatic carbocycles. The van der Waals surface area contributed by atoms with Gasteiger partial charge in [0.25, 0.3) is 0 Å². The third-order valence-corrected chi connectivity index (χ3v) is 5.41. The Balaban J connectivity index is 1.80. The molecule has 1 aliphatic carbocycles. The van der Waals surface area contributed by atoms with Crippen LogP contribution in [0.3, 0.4) is 0 Å². The van der Waals surface area contributed by atoms with Gasteiger partial charge in [0.05, 0.1) is 0 Å². The van der Waals surface area contributed by atoms with Gasteiger partial charge in [-0.05, 0) is 53.8 Å². The molecule has 3 atom stereocenters. The van der Waals surface area contributed by atoms with Gasteiger partial charge in [0, 0.05) is 10.9 Å². The average Bonchev–Trinajstić information content (AvgIpc) is 3.14. The van der Waals surface area contributed by atoms with Gasteiger partial charge in [-0.15, -0.1) is 11.3 Å². The molecule has 2 heteroatoms. The number of rotatable bonds is 6. The molecule has 0 amide bonds. The van der Waals surface area contributed by atoms with Gasteiger partial charge in [-0.1, -0.05) is 44.2 Å². The zero-order chi connectivity index (χ0) is 13.9. The molecule has 1 aromatic heterocycles. The van der Waals surface area contributed by atoms with Crippen LogP contribution in [-0.2, 0) is 6.42 Å². The van der Waals surface area contributed by atoms with Crippen LogP contribution in [0.2, 0.25) is 0 Å². The molecule has 1 saturated carbocycles. The van der Waals surface area contributed by atoms with E-state index in [1.807, 2.05) is 11.3 Å². The highest BCUT2D eigenvalue weighted by Gasteiger charge is 2.44. The molecule has 1 heterocycles. The van der Waals surface area contributed by atoms with E-state index in [9.17, 15) is 0 Å². The van der Waals surface area contributed by atoms with Crippen LogP contribution in [0.4, 0.5) is 0 Å². The summed E-state index contributed by atoms with van der Waals surface area (Å²) in [6, 6.07) is 13.8. The highest BCUT2D eigenvalue weighted by atomic mass is 32.1. The Labute approximate surface area is 126 Å². The molecule has 1 fully saturated rings. The molecular formula is C18H23NS. The van der Waals surface area contributed by atoms with E-state index in [1.165, 1.54) is 17.5 Å². The van der Waals surface area contributed by atoms with E-state index < -0.39 is 0 Å². The molecular weight excluding hydrogens is 262 g/mol. The summed E-state index contributed by atoms with van der Waals surface area (Å²) in [4.78, 5) is 1.57. The van der Waals surface area contributed by atoms with E-state index in [-0.39, 0.29) is 0 Å². The number of aryl methyl sites for hydroxylation is 1. The fourth-order valence-corrected chi connectivity index (χ4v) is 4.38. The van der Waals surface area contributed by atoms with E-state index >= 15 is 0 Å². The first-order valence-corrected chi connectivity index (χ1v) is 8.57. The van der Waals surface area contributed by atoms with Gasteiger partial charge in [-0.2, -0.15) is 0 Å². The summed E-state index contributed by atoms with van der Waals surface area (Å²) >= 11 is 1.93. The van der Waals surface area contributed by atoms with E-state index in [4.69, 9.17) is 0 Å². The first kappa shape index (κ1) is 13.8. The predicted octanol–water partition coefficient (Wildman–Crippen LogP) is 4.76. The predicted molar refractivity (Wildman–Crippen MR) is 87.4 cm³/mol. The van der Waals surface area contributed by atoms with Gasteiger partial charge < -0.3 is 5.32 Å². The molecule has 20 heavy (non-hydrogen) atoms. The minimum absolute atomic E-state index is 0.542. The van der Waals surface area contributed by atoms with Crippen molar-refractivity contribution in [1.82, 2.24) is 5.32 Å². The lowest BCUT2D eigenvalue weighted by atomic mass is 10.0. The number of thiophene rings is 1. The number of benzene rings is 1. The molecule has 3 unspecified atom stereocenters. The van der Waals surface area contributed by atoms with Crippen molar-refractivity contribution in [3.8, 4) is 0 Å². The maximum atomic E-state index is 3.73. The smallest absolute Gasteiger partial charge is 0.0452 e. The highest BCUT2D eigenvalue weighted by Crippen LogP contribution is 2.55. The summed E-state index contributed by atoms with van der Waals surface area (Å²) in [6.07, 6.45) is 2.46. The zero-order valence-electron chi connectivity index (χ0n) is 12.3. The molecule has 1 nitrogen and oxygen atoms in total. The van der Waals surface area contributed by atoms with Crippen LogP contribution in [0.1, 0.15) is 48.2 Å². The lowest BCUT2D eigenvalue weighted by Crippen LogP contribution is -2.23. The van der Waals surface area contributed by atoms with E-state index in [2.05, 4.69) is 60.9 Å². The first-order valence-electron chi connectivity index (χ1n) is 7.69. The van der Waals surface area contributed by atoms with Crippen LogP contribution in [0.15, 0.2) is 41.8 Å². The molecule has 0 spiro atoms. The normalized spacial score (nSPS) is 22.7. The molecule has 106 valence electrons. The van der Waals surface area contributed by atoms with Crippen molar-refractivity contribution in [1.29, 1.82) is 0 Å². The first-order chi connectivity index (χ1) is 9.85. The van der Waals surface area contributed by atoms with Gasteiger partial charge in [0.1, 0.15) is 0 Å². The van der Waals surface area contributed by atoms with Crippen LogP contribution in [-0.4, -0.2) is 6.54 Å². The van der Waals surface area contributed by atoms with Gasteiger partial charge in [-0.3, -0.25) is 0 Å². The summed E-state index contributed by atoms with van der Waals surface area (Å²) in [5.41, 5.74) is 3.04. The molecule has 0 bridgehead atoms. The minimum atomic E-state index is 0.542. The van der Waals surface area contributed by atoms with Gasteiger partial charge in [0.15, 0.2) is 0 Å². The lowest BCUT2D eigenvalue weighted by Gasteiger charge is -2.18. The number of nitrogens with one attached hydrogen (secondary N) is 1. The van der Waals surface area contributed by atoms with Crippen LogP contribution >= 0.6 is 11.3 Å². The second-order valence-electron chi connectivity index (χ2n) is 5.62.